The number of esters is 1. The van der Waals surface area contributed by atoms with Crippen LogP contribution < -0.4 is 5.73 Å². The van der Waals surface area contributed by atoms with Gasteiger partial charge in [-0.25, -0.2) is 46.6 Å². The van der Waals surface area contributed by atoms with E-state index in [1.807, 2.05) is 20.8 Å². The summed E-state index contributed by atoms with van der Waals surface area (Å²) in [6.45, 7) is 5.95. The largest absolute Gasteiger partial charge is 0.463 e. The van der Waals surface area contributed by atoms with Gasteiger partial charge in [0.1, 0.15) is 12.9 Å². The normalized spacial score (nSPS) is 19.0. The van der Waals surface area contributed by atoms with E-state index in [1.54, 1.807) is 24.3 Å². The Morgan fingerprint density at radius 2 is 1.70 bits per heavy atom. The van der Waals surface area contributed by atoms with Gasteiger partial charge in [-0.05, 0) is 54.9 Å². The second-order valence-electron chi connectivity index (χ2n) is 14.6. The summed E-state index contributed by atoms with van der Waals surface area (Å²) in [4.78, 5) is 45.6. The number of nitrogens with zero attached hydrogens (tertiary/aromatic N) is 7. The van der Waals surface area contributed by atoms with E-state index in [0.29, 0.717) is 11.1 Å². The van der Waals surface area contributed by atoms with Gasteiger partial charge in [0.25, 0.3) is 18.3 Å². The third-order valence-corrected chi connectivity index (χ3v) is 9.81. The Labute approximate surface area is 306 Å². The lowest BCUT2D eigenvalue weighted by molar-refractivity contribution is -0.153. The topological polar surface area (TPSA) is 141 Å². The van der Waals surface area contributed by atoms with Crippen LogP contribution in [-0.2, 0) is 19.9 Å². The molecule has 0 spiro atoms. The highest BCUT2D eigenvalue weighted by molar-refractivity contribution is 6.32. The van der Waals surface area contributed by atoms with Gasteiger partial charge in [-0.15, -0.1) is 0 Å². The number of hydrogen-bond acceptors (Lipinski definition) is 9. The number of carbonyl (C=O) groups excluding carboxylic acids is 2. The zero-order valence-corrected chi connectivity index (χ0v) is 29.9. The lowest BCUT2D eigenvalue weighted by Crippen LogP contribution is -2.47. The van der Waals surface area contributed by atoms with Gasteiger partial charge in [0.05, 0.1) is 35.6 Å². The minimum Gasteiger partial charge on any atom is -0.463 e. The Kier molecular flexibility index (Phi) is 9.81. The molecule has 0 radical (unpaired) electrons. The molecule has 2 atom stereocenters. The maximum atomic E-state index is 14.9. The second-order valence-corrected chi connectivity index (χ2v) is 15.0. The molecule has 2 aromatic heterocycles. The number of alkyl halides is 4. The fourth-order valence-electron chi connectivity index (χ4n) is 6.66. The number of guanidine groups is 1. The molecule has 2 aliphatic rings. The standard InChI is InChI=1S/C36H36ClF5N8O3/c1-33(2,3)18-36(22-8-5-20(6-9-22)29-44-15-23(38)16-45-29)31(52)49(32(43)48-36)26(17-53-27(51)14-35(11-12-35)34(4,41)42)21-7-10-24(37)25(13-21)50-30(28(39)40)46-19-47-50/h5-10,13,15-16,19,26,28H,11-12,14,17-18H2,1-4H3,(H2,43,48)/t26-,36-/m1/s1. The lowest BCUT2D eigenvalue weighted by Gasteiger charge is -2.35. The van der Waals surface area contributed by atoms with Crippen LogP contribution in [0.15, 0.2) is 66.2 Å². The molecular weight excluding hydrogens is 723 g/mol. The highest BCUT2D eigenvalue weighted by Crippen LogP contribution is 2.59. The number of rotatable bonds is 12. The van der Waals surface area contributed by atoms with Crippen molar-refractivity contribution < 1.29 is 36.3 Å². The molecule has 1 fully saturated rings. The molecule has 6 rings (SSSR count). The van der Waals surface area contributed by atoms with Crippen molar-refractivity contribution in [3.05, 3.63) is 89.0 Å². The first-order chi connectivity index (χ1) is 24.8. The third-order valence-electron chi connectivity index (χ3n) is 9.49. The molecule has 0 saturated heterocycles. The predicted octanol–water partition coefficient (Wildman–Crippen LogP) is 7.35. The summed E-state index contributed by atoms with van der Waals surface area (Å²) in [5, 5.41) is 3.92. The summed E-state index contributed by atoms with van der Waals surface area (Å²) in [5.74, 6) is -5.92. The summed E-state index contributed by atoms with van der Waals surface area (Å²) in [7, 11) is 0. The zero-order chi connectivity index (χ0) is 38.5. The van der Waals surface area contributed by atoms with Crippen molar-refractivity contribution in [2.45, 2.75) is 77.3 Å². The molecule has 53 heavy (non-hydrogen) atoms. The summed E-state index contributed by atoms with van der Waals surface area (Å²) in [6, 6.07) is 9.69. The van der Waals surface area contributed by atoms with Crippen LogP contribution in [0.25, 0.3) is 17.1 Å². The first-order valence-corrected chi connectivity index (χ1v) is 17.0. The molecular formula is C36H36ClF5N8O3. The van der Waals surface area contributed by atoms with Gasteiger partial charge in [-0.1, -0.05) is 62.7 Å². The number of aliphatic imine (C=N–C) groups is 1. The van der Waals surface area contributed by atoms with Crippen LogP contribution in [0.2, 0.25) is 5.02 Å². The van der Waals surface area contributed by atoms with Crippen LogP contribution >= 0.6 is 11.6 Å². The van der Waals surface area contributed by atoms with Crippen molar-refractivity contribution >= 4 is 29.4 Å². The zero-order valence-electron chi connectivity index (χ0n) is 29.2. The molecule has 4 aromatic rings. The van der Waals surface area contributed by atoms with Gasteiger partial charge < -0.3 is 10.5 Å². The van der Waals surface area contributed by atoms with E-state index in [1.165, 1.54) is 18.2 Å². The molecule has 1 amide bonds. The maximum absolute atomic E-state index is 14.9. The van der Waals surface area contributed by atoms with Crippen molar-refractivity contribution in [1.82, 2.24) is 29.6 Å². The molecule has 1 aliphatic carbocycles. The molecule has 280 valence electrons. The van der Waals surface area contributed by atoms with Crippen molar-refractivity contribution in [1.29, 1.82) is 0 Å². The molecule has 3 heterocycles. The quantitative estimate of drug-likeness (QED) is 0.117. The van der Waals surface area contributed by atoms with Gasteiger partial charge in [0, 0.05) is 11.0 Å². The van der Waals surface area contributed by atoms with Crippen LogP contribution in [0.3, 0.4) is 0 Å². The van der Waals surface area contributed by atoms with Gasteiger partial charge in [-0.3, -0.25) is 14.5 Å². The first-order valence-electron chi connectivity index (χ1n) is 16.6. The fourth-order valence-corrected chi connectivity index (χ4v) is 6.85. The van der Waals surface area contributed by atoms with Gasteiger partial charge >= 0.3 is 5.97 Å². The Hall–Kier alpha value is -4.99. The SMILES string of the molecule is CC(C)(C)C[C@]1(c2ccc(-c3ncc(F)cn3)cc2)N=C(N)N([C@H](COC(=O)CC2(C(C)(F)F)CC2)c2ccc(Cl)c(-n3ncnc3C(F)F)c2)C1=O. The summed E-state index contributed by atoms with van der Waals surface area (Å²) >= 11 is 6.45. The fraction of sp³-hybridized carbons (Fsp3) is 0.417. The number of ether oxygens (including phenoxy) is 1. The van der Waals surface area contributed by atoms with Crippen LogP contribution in [0.5, 0.6) is 0 Å². The van der Waals surface area contributed by atoms with Gasteiger partial charge in [-0.2, -0.15) is 5.10 Å². The van der Waals surface area contributed by atoms with Crippen LogP contribution in [-0.4, -0.2) is 60.0 Å². The highest BCUT2D eigenvalue weighted by atomic mass is 35.5. The van der Waals surface area contributed by atoms with E-state index in [4.69, 9.17) is 27.1 Å². The van der Waals surface area contributed by atoms with Gasteiger partial charge in [0.15, 0.2) is 29.0 Å². The van der Waals surface area contributed by atoms with Crippen LogP contribution in [0.4, 0.5) is 22.0 Å². The number of carbonyl (C=O) groups is 2. The van der Waals surface area contributed by atoms with E-state index in [-0.39, 0.29) is 47.3 Å². The molecule has 11 nitrogen and oxygen atoms in total. The number of aromatic nitrogens is 5. The first kappa shape index (κ1) is 37.8. The summed E-state index contributed by atoms with van der Waals surface area (Å²) < 4.78 is 76.4. The third kappa shape index (κ3) is 7.46. The monoisotopic (exact) mass is 758 g/mol. The van der Waals surface area contributed by atoms with Crippen molar-refractivity contribution in [2.24, 2.45) is 21.6 Å². The maximum Gasteiger partial charge on any atom is 0.306 e. The number of hydrogen-bond donors (Lipinski definition) is 1. The van der Waals surface area contributed by atoms with Gasteiger partial charge in [0.2, 0.25) is 0 Å². The number of benzene rings is 2. The molecule has 1 aliphatic heterocycles. The van der Waals surface area contributed by atoms with Crippen molar-refractivity contribution in [3.8, 4) is 17.1 Å². The lowest BCUT2D eigenvalue weighted by atomic mass is 9.75. The average molecular weight is 759 g/mol. The molecule has 1 saturated carbocycles. The minimum absolute atomic E-state index is 0.0134. The average Bonchev–Trinajstić information content (AvgIpc) is 3.63. The summed E-state index contributed by atoms with van der Waals surface area (Å²) in [5.41, 5.74) is 4.16. The van der Waals surface area contributed by atoms with Crippen molar-refractivity contribution in [3.63, 3.8) is 0 Å². The molecule has 2 aromatic carbocycles. The minimum atomic E-state index is -3.12. The van der Waals surface area contributed by atoms with E-state index in [9.17, 15) is 31.5 Å². The molecule has 17 heteroatoms. The second kappa shape index (κ2) is 13.8. The van der Waals surface area contributed by atoms with E-state index in [2.05, 4.69) is 20.1 Å². The highest BCUT2D eigenvalue weighted by Gasteiger charge is 2.60. The summed E-state index contributed by atoms with van der Waals surface area (Å²) in [6.07, 6.45) is -0.118. The number of halogens is 6. The molecule has 0 bridgehead atoms. The van der Waals surface area contributed by atoms with E-state index in [0.717, 1.165) is 35.2 Å². The number of amides is 1. The molecule has 0 unspecified atom stereocenters. The number of nitrogens with two attached hydrogens (primary N) is 1. The van der Waals surface area contributed by atoms with E-state index < -0.39 is 71.3 Å². The van der Waals surface area contributed by atoms with Crippen LogP contribution in [0, 0.1) is 16.6 Å². The Morgan fingerprint density at radius 3 is 2.28 bits per heavy atom. The van der Waals surface area contributed by atoms with E-state index >= 15 is 0 Å². The Balaban J connectivity index is 1.41. The Bertz CT molecular complexity index is 2040. The smallest absolute Gasteiger partial charge is 0.306 e. The molecule has 2 N–H and O–H groups in total. The van der Waals surface area contributed by atoms with Crippen molar-refractivity contribution in [2.75, 3.05) is 6.61 Å². The van der Waals surface area contributed by atoms with Crippen LogP contribution in [0.1, 0.15) is 82.8 Å². The Morgan fingerprint density at radius 1 is 1.04 bits per heavy atom. The predicted molar refractivity (Wildman–Crippen MR) is 184 cm³/mol.